The number of rotatable bonds is 5. The molecule has 0 spiro atoms. The molecule has 3 aromatic rings. The van der Waals surface area contributed by atoms with Gasteiger partial charge in [0.2, 0.25) is 12.7 Å². The first-order chi connectivity index (χ1) is 12.3. The topological polar surface area (TPSA) is 60.5 Å². The van der Waals surface area contributed by atoms with Gasteiger partial charge < -0.3 is 14.8 Å². The summed E-state index contributed by atoms with van der Waals surface area (Å²) in [5.74, 6) is 1.37. The Kier molecular flexibility index (Phi) is 4.35. The third-order valence-corrected chi connectivity index (χ3v) is 4.80. The van der Waals surface area contributed by atoms with Crippen molar-refractivity contribution in [2.45, 2.75) is 13.0 Å². The maximum atomic E-state index is 12.3. The Morgan fingerprint density at radius 3 is 2.96 bits per heavy atom. The number of hydrogen-bond acceptors (Lipinski definition) is 5. The molecule has 0 bridgehead atoms. The van der Waals surface area contributed by atoms with Crippen molar-refractivity contribution >= 4 is 17.2 Å². The molecule has 1 amide bonds. The van der Waals surface area contributed by atoms with Gasteiger partial charge in [0, 0.05) is 12.7 Å². The van der Waals surface area contributed by atoms with Crippen LogP contribution in [0.1, 0.15) is 11.1 Å². The lowest BCUT2D eigenvalue weighted by atomic mass is 10.1. The molecule has 4 rings (SSSR count). The molecule has 126 valence electrons. The quantitative estimate of drug-likeness (QED) is 0.765. The molecule has 1 N–H and O–H groups in total. The number of carbonyl (C=O) groups is 1. The minimum absolute atomic E-state index is 0.0418. The van der Waals surface area contributed by atoms with Gasteiger partial charge >= 0.3 is 0 Å². The van der Waals surface area contributed by atoms with Crippen molar-refractivity contribution in [3.63, 3.8) is 0 Å². The van der Waals surface area contributed by atoms with E-state index in [1.54, 1.807) is 17.5 Å². The molecule has 25 heavy (non-hydrogen) atoms. The van der Waals surface area contributed by atoms with E-state index in [2.05, 4.69) is 10.3 Å². The Labute approximate surface area is 149 Å². The van der Waals surface area contributed by atoms with Gasteiger partial charge in [-0.15, -0.1) is 11.3 Å². The summed E-state index contributed by atoms with van der Waals surface area (Å²) in [6.07, 6.45) is 2.07. The van der Waals surface area contributed by atoms with Crippen molar-refractivity contribution in [1.82, 2.24) is 10.3 Å². The van der Waals surface area contributed by atoms with Gasteiger partial charge in [-0.1, -0.05) is 18.2 Å². The molecule has 1 aromatic carbocycles. The number of carbonyl (C=O) groups excluding carboxylic acids is 1. The number of benzene rings is 1. The number of hydrogen-bond donors (Lipinski definition) is 1. The highest BCUT2D eigenvalue weighted by molar-refractivity contribution is 7.13. The molecule has 0 saturated heterocycles. The highest BCUT2D eigenvalue weighted by Gasteiger charge is 2.15. The van der Waals surface area contributed by atoms with Crippen LogP contribution in [-0.4, -0.2) is 17.7 Å². The Balaban J connectivity index is 1.41. The third-order valence-electron chi connectivity index (χ3n) is 3.92. The monoisotopic (exact) mass is 352 g/mol. The van der Waals surface area contributed by atoms with Crippen LogP contribution in [0.2, 0.25) is 0 Å². The summed E-state index contributed by atoms with van der Waals surface area (Å²) in [4.78, 5) is 17.8. The van der Waals surface area contributed by atoms with Crippen molar-refractivity contribution in [3.05, 3.63) is 65.2 Å². The molecule has 1 aliphatic heterocycles. The largest absolute Gasteiger partial charge is 0.454 e. The number of aromatic nitrogens is 1. The van der Waals surface area contributed by atoms with Crippen LogP contribution in [-0.2, 0) is 17.8 Å². The van der Waals surface area contributed by atoms with E-state index in [9.17, 15) is 4.79 Å². The fourth-order valence-electron chi connectivity index (χ4n) is 2.71. The molecule has 2 aromatic heterocycles. The zero-order chi connectivity index (χ0) is 17.1. The van der Waals surface area contributed by atoms with E-state index in [1.807, 2.05) is 47.8 Å². The van der Waals surface area contributed by atoms with Crippen molar-refractivity contribution in [2.24, 2.45) is 0 Å². The second-order valence-electron chi connectivity index (χ2n) is 5.63. The zero-order valence-electron chi connectivity index (χ0n) is 13.4. The molecule has 5 nitrogen and oxygen atoms in total. The highest BCUT2D eigenvalue weighted by Crippen LogP contribution is 2.32. The van der Waals surface area contributed by atoms with Gasteiger partial charge in [0.15, 0.2) is 11.5 Å². The van der Waals surface area contributed by atoms with Crippen LogP contribution in [0.25, 0.3) is 10.6 Å². The van der Waals surface area contributed by atoms with Crippen LogP contribution in [0.3, 0.4) is 0 Å². The van der Waals surface area contributed by atoms with Crippen molar-refractivity contribution in [1.29, 1.82) is 0 Å². The second kappa shape index (κ2) is 6.94. The van der Waals surface area contributed by atoms with Gasteiger partial charge in [-0.25, -0.2) is 0 Å². The van der Waals surface area contributed by atoms with Crippen molar-refractivity contribution in [3.8, 4) is 22.1 Å². The lowest BCUT2D eigenvalue weighted by Crippen LogP contribution is -2.24. The Bertz CT molecular complexity index is 893. The van der Waals surface area contributed by atoms with Crippen LogP contribution in [0.4, 0.5) is 0 Å². The summed E-state index contributed by atoms with van der Waals surface area (Å²) in [5, 5.41) is 4.99. The molecule has 0 saturated carbocycles. The summed E-state index contributed by atoms with van der Waals surface area (Å²) in [6, 6.07) is 13.5. The molecule has 0 fully saturated rings. The Morgan fingerprint density at radius 2 is 2.08 bits per heavy atom. The standard InChI is InChI=1S/C19H16N2O3S/c22-18(10-13-5-6-15-16(9-13)24-12-23-15)21-11-14-3-1-7-20-19(14)17-4-2-8-25-17/h1-9H,10-12H2,(H,21,22). The van der Waals surface area contributed by atoms with Gasteiger partial charge in [-0.05, 0) is 40.8 Å². The van der Waals surface area contributed by atoms with Crippen molar-refractivity contribution in [2.75, 3.05) is 6.79 Å². The molecule has 0 aliphatic carbocycles. The number of fused-ring (bicyclic) bond motifs is 1. The van der Waals surface area contributed by atoms with Gasteiger partial charge in [0.1, 0.15) is 0 Å². The Hall–Kier alpha value is -2.86. The fraction of sp³-hybridized carbons (Fsp3) is 0.158. The van der Waals surface area contributed by atoms with Gasteiger partial charge in [0.25, 0.3) is 0 Å². The fourth-order valence-corrected chi connectivity index (χ4v) is 3.47. The third kappa shape index (κ3) is 3.49. The zero-order valence-corrected chi connectivity index (χ0v) is 14.2. The number of amides is 1. The van der Waals surface area contributed by atoms with Crippen LogP contribution in [0.15, 0.2) is 54.0 Å². The smallest absolute Gasteiger partial charge is 0.231 e. The van der Waals surface area contributed by atoms with Gasteiger partial charge in [-0.3, -0.25) is 9.78 Å². The van der Waals surface area contributed by atoms with Gasteiger partial charge in [-0.2, -0.15) is 0 Å². The van der Waals surface area contributed by atoms with Crippen LogP contribution in [0, 0.1) is 0 Å². The predicted molar refractivity (Wildman–Crippen MR) is 95.7 cm³/mol. The van der Waals surface area contributed by atoms with E-state index in [4.69, 9.17) is 9.47 Å². The maximum absolute atomic E-state index is 12.3. The predicted octanol–water partition coefficient (Wildman–Crippen LogP) is 3.40. The minimum atomic E-state index is -0.0418. The van der Waals surface area contributed by atoms with E-state index in [0.717, 1.165) is 27.4 Å². The number of pyridine rings is 1. The molecule has 0 atom stereocenters. The van der Waals surface area contributed by atoms with E-state index in [0.29, 0.717) is 18.7 Å². The summed E-state index contributed by atoms with van der Waals surface area (Å²) < 4.78 is 10.6. The summed E-state index contributed by atoms with van der Waals surface area (Å²) >= 11 is 1.64. The highest BCUT2D eigenvalue weighted by atomic mass is 32.1. The van der Waals surface area contributed by atoms with E-state index < -0.39 is 0 Å². The number of thiophene rings is 1. The summed E-state index contributed by atoms with van der Waals surface area (Å²) in [7, 11) is 0. The SMILES string of the molecule is O=C(Cc1ccc2c(c1)OCO2)NCc1cccnc1-c1cccs1. The first-order valence-electron chi connectivity index (χ1n) is 7.92. The average Bonchev–Trinajstić information content (AvgIpc) is 3.31. The lowest BCUT2D eigenvalue weighted by molar-refractivity contribution is -0.120. The molecular formula is C19H16N2O3S. The van der Waals surface area contributed by atoms with Crippen molar-refractivity contribution < 1.29 is 14.3 Å². The second-order valence-corrected chi connectivity index (χ2v) is 6.58. The van der Waals surface area contributed by atoms with Crippen LogP contribution in [0.5, 0.6) is 11.5 Å². The van der Waals surface area contributed by atoms with Crippen LogP contribution >= 0.6 is 11.3 Å². The van der Waals surface area contributed by atoms with Crippen LogP contribution < -0.4 is 14.8 Å². The molecule has 0 unspecified atom stereocenters. The summed E-state index contributed by atoms with van der Waals surface area (Å²) in [5.41, 5.74) is 2.82. The number of nitrogens with one attached hydrogen (secondary N) is 1. The molecular weight excluding hydrogens is 336 g/mol. The normalized spacial score (nSPS) is 12.2. The summed E-state index contributed by atoms with van der Waals surface area (Å²) in [6.45, 7) is 0.682. The number of nitrogens with zero attached hydrogens (tertiary/aromatic N) is 1. The lowest BCUT2D eigenvalue weighted by Gasteiger charge is -2.09. The van der Waals surface area contributed by atoms with E-state index >= 15 is 0 Å². The average molecular weight is 352 g/mol. The van der Waals surface area contributed by atoms with Gasteiger partial charge in [0.05, 0.1) is 17.0 Å². The van der Waals surface area contributed by atoms with E-state index in [-0.39, 0.29) is 12.7 Å². The minimum Gasteiger partial charge on any atom is -0.454 e. The maximum Gasteiger partial charge on any atom is 0.231 e. The van der Waals surface area contributed by atoms with E-state index in [1.165, 1.54) is 0 Å². The molecule has 3 heterocycles. The molecule has 6 heteroatoms. The molecule has 0 radical (unpaired) electrons. The molecule has 1 aliphatic rings. The Morgan fingerprint density at radius 1 is 1.16 bits per heavy atom. The first kappa shape index (κ1) is 15.7. The number of ether oxygens (including phenoxy) is 2. The first-order valence-corrected chi connectivity index (χ1v) is 8.80.